The first-order chi connectivity index (χ1) is 4.69. The highest BCUT2D eigenvalue weighted by molar-refractivity contribution is 5.98. The molecule has 0 saturated heterocycles. The van der Waals surface area contributed by atoms with Gasteiger partial charge in [0, 0.05) is 6.42 Å². The van der Waals surface area contributed by atoms with E-state index in [-0.39, 0.29) is 5.78 Å². The lowest BCUT2D eigenvalue weighted by molar-refractivity contribution is -0.135. The number of hydrogen-bond acceptors (Lipinski definition) is 2. The summed E-state index contributed by atoms with van der Waals surface area (Å²) in [6, 6.07) is 0. The van der Waals surface area contributed by atoms with Crippen molar-refractivity contribution in [2.75, 3.05) is 0 Å². The number of Topliss-reactive ketones (excluding diaryl/α,β-unsaturated/α-hetero) is 1. The maximum Gasteiger partial charge on any atom is 0.145 e. The van der Waals surface area contributed by atoms with E-state index in [4.69, 9.17) is 0 Å². The van der Waals surface area contributed by atoms with Gasteiger partial charge in [0.05, 0.1) is 5.41 Å². The zero-order valence-corrected chi connectivity index (χ0v) is 6.22. The fourth-order valence-electron chi connectivity index (χ4n) is 1.33. The van der Waals surface area contributed by atoms with E-state index < -0.39 is 5.41 Å². The Balaban J connectivity index is 2.72. The Morgan fingerprint density at radius 2 is 2.20 bits per heavy atom. The van der Waals surface area contributed by atoms with E-state index in [2.05, 4.69) is 0 Å². The lowest BCUT2D eigenvalue weighted by atomic mass is 9.76. The normalized spacial score (nSPS) is 33.9. The SMILES string of the molecule is C[C@@]1(C=O)CCCCC1=O. The Morgan fingerprint density at radius 1 is 1.50 bits per heavy atom. The van der Waals surface area contributed by atoms with E-state index in [1.165, 1.54) is 0 Å². The van der Waals surface area contributed by atoms with E-state index in [1.54, 1.807) is 6.92 Å². The van der Waals surface area contributed by atoms with E-state index in [1.807, 2.05) is 0 Å². The van der Waals surface area contributed by atoms with Crippen LogP contribution in [-0.2, 0) is 9.59 Å². The number of rotatable bonds is 1. The highest BCUT2D eigenvalue weighted by Crippen LogP contribution is 2.30. The summed E-state index contributed by atoms with van der Waals surface area (Å²) in [5.41, 5.74) is -0.641. The van der Waals surface area contributed by atoms with Gasteiger partial charge in [0.1, 0.15) is 12.1 Å². The van der Waals surface area contributed by atoms with Crippen molar-refractivity contribution >= 4 is 12.1 Å². The molecule has 0 aromatic heterocycles. The molecule has 0 radical (unpaired) electrons. The molecule has 56 valence electrons. The molecule has 10 heavy (non-hydrogen) atoms. The molecular formula is C8H12O2. The monoisotopic (exact) mass is 140 g/mol. The topological polar surface area (TPSA) is 34.1 Å². The third-order valence-corrected chi connectivity index (χ3v) is 2.25. The van der Waals surface area contributed by atoms with Gasteiger partial charge in [-0.3, -0.25) is 4.79 Å². The Morgan fingerprint density at radius 3 is 2.60 bits per heavy atom. The van der Waals surface area contributed by atoms with Crippen molar-refractivity contribution in [1.29, 1.82) is 0 Å². The summed E-state index contributed by atoms with van der Waals surface area (Å²) in [6.07, 6.45) is 4.11. The first-order valence-electron chi connectivity index (χ1n) is 3.69. The van der Waals surface area contributed by atoms with Crippen LogP contribution in [-0.4, -0.2) is 12.1 Å². The van der Waals surface area contributed by atoms with Crippen LogP contribution < -0.4 is 0 Å². The van der Waals surface area contributed by atoms with Crippen LogP contribution in [0.4, 0.5) is 0 Å². The number of carbonyl (C=O) groups excluding carboxylic acids is 2. The summed E-state index contributed by atoms with van der Waals surface area (Å²) in [5.74, 6) is 0.119. The van der Waals surface area contributed by atoms with Crippen molar-refractivity contribution in [3.05, 3.63) is 0 Å². The number of ketones is 1. The van der Waals surface area contributed by atoms with E-state index in [0.29, 0.717) is 6.42 Å². The van der Waals surface area contributed by atoms with Crippen LogP contribution in [0.25, 0.3) is 0 Å². The maximum atomic E-state index is 11.1. The van der Waals surface area contributed by atoms with E-state index in [0.717, 1.165) is 25.5 Å². The van der Waals surface area contributed by atoms with Crippen molar-refractivity contribution in [1.82, 2.24) is 0 Å². The van der Waals surface area contributed by atoms with Gasteiger partial charge < -0.3 is 4.79 Å². The van der Waals surface area contributed by atoms with Crippen molar-refractivity contribution in [3.63, 3.8) is 0 Å². The molecule has 0 N–H and O–H groups in total. The molecule has 1 saturated carbocycles. The fourth-order valence-corrected chi connectivity index (χ4v) is 1.33. The third kappa shape index (κ3) is 1.11. The molecule has 0 aromatic carbocycles. The Bertz CT molecular complexity index is 163. The minimum atomic E-state index is -0.641. The van der Waals surface area contributed by atoms with E-state index >= 15 is 0 Å². The Labute approximate surface area is 60.6 Å². The van der Waals surface area contributed by atoms with E-state index in [9.17, 15) is 9.59 Å². The third-order valence-electron chi connectivity index (χ3n) is 2.25. The lowest BCUT2D eigenvalue weighted by Gasteiger charge is -2.25. The summed E-state index contributed by atoms with van der Waals surface area (Å²) >= 11 is 0. The highest BCUT2D eigenvalue weighted by atomic mass is 16.1. The molecule has 1 atom stereocenters. The van der Waals surface area contributed by atoms with Crippen LogP contribution in [0.3, 0.4) is 0 Å². The standard InChI is InChI=1S/C8H12O2/c1-8(6-9)5-3-2-4-7(8)10/h6H,2-5H2,1H3/t8-/m0/s1. The van der Waals surface area contributed by atoms with Gasteiger partial charge in [-0.2, -0.15) is 0 Å². The summed E-state index contributed by atoms with van der Waals surface area (Å²) in [4.78, 5) is 21.6. The average molecular weight is 140 g/mol. The molecule has 0 aliphatic heterocycles. The molecule has 0 spiro atoms. The number of hydrogen-bond donors (Lipinski definition) is 0. The lowest BCUT2D eigenvalue weighted by Crippen LogP contribution is -2.32. The van der Waals surface area contributed by atoms with Gasteiger partial charge in [0.15, 0.2) is 0 Å². The molecule has 1 aliphatic rings. The minimum Gasteiger partial charge on any atom is -0.302 e. The largest absolute Gasteiger partial charge is 0.302 e. The average Bonchev–Trinajstić information content (AvgIpc) is 1.96. The molecule has 1 fully saturated rings. The zero-order chi connectivity index (χ0) is 7.61. The van der Waals surface area contributed by atoms with Crippen molar-refractivity contribution in [2.45, 2.75) is 32.6 Å². The van der Waals surface area contributed by atoms with Crippen LogP contribution in [0.15, 0.2) is 0 Å². The van der Waals surface area contributed by atoms with Crippen LogP contribution in [0.1, 0.15) is 32.6 Å². The molecule has 0 amide bonds. The number of aldehydes is 1. The summed E-state index contributed by atoms with van der Waals surface area (Å²) in [6.45, 7) is 1.74. The van der Waals surface area contributed by atoms with Crippen molar-refractivity contribution in [3.8, 4) is 0 Å². The van der Waals surface area contributed by atoms with Gasteiger partial charge in [-0.05, 0) is 19.8 Å². The van der Waals surface area contributed by atoms with Gasteiger partial charge in [-0.15, -0.1) is 0 Å². The van der Waals surface area contributed by atoms with Crippen LogP contribution in [0.5, 0.6) is 0 Å². The second-order valence-electron chi connectivity index (χ2n) is 3.17. The van der Waals surface area contributed by atoms with Gasteiger partial charge in [0.2, 0.25) is 0 Å². The molecule has 2 heteroatoms. The first kappa shape index (κ1) is 7.45. The second-order valence-corrected chi connectivity index (χ2v) is 3.17. The van der Waals surface area contributed by atoms with Crippen molar-refractivity contribution < 1.29 is 9.59 Å². The fraction of sp³-hybridized carbons (Fsp3) is 0.750. The Kier molecular flexibility index (Phi) is 1.88. The number of carbonyl (C=O) groups is 2. The predicted molar refractivity (Wildman–Crippen MR) is 37.6 cm³/mol. The minimum absolute atomic E-state index is 0.119. The maximum absolute atomic E-state index is 11.1. The molecule has 0 aromatic rings. The van der Waals surface area contributed by atoms with Crippen LogP contribution >= 0.6 is 0 Å². The second kappa shape index (κ2) is 2.52. The molecule has 0 bridgehead atoms. The first-order valence-corrected chi connectivity index (χ1v) is 3.69. The summed E-state index contributed by atoms with van der Waals surface area (Å²) in [5, 5.41) is 0. The molecule has 0 heterocycles. The molecular weight excluding hydrogens is 128 g/mol. The van der Waals surface area contributed by atoms with Gasteiger partial charge >= 0.3 is 0 Å². The summed E-state index contributed by atoms with van der Waals surface area (Å²) in [7, 11) is 0. The quantitative estimate of drug-likeness (QED) is 0.407. The predicted octanol–water partition coefficient (Wildman–Crippen LogP) is 1.33. The Hall–Kier alpha value is -0.660. The van der Waals surface area contributed by atoms with Crippen LogP contribution in [0, 0.1) is 5.41 Å². The smallest absolute Gasteiger partial charge is 0.145 e. The summed E-state index contributed by atoms with van der Waals surface area (Å²) < 4.78 is 0. The van der Waals surface area contributed by atoms with Crippen LogP contribution in [0.2, 0.25) is 0 Å². The molecule has 2 nitrogen and oxygen atoms in total. The van der Waals surface area contributed by atoms with Gasteiger partial charge in [-0.1, -0.05) is 6.42 Å². The zero-order valence-electron chi connectivity index (χ0n) is 6.22. The van der Waals surface area contributed by atoms with Gasteiger partial charge in [-0.25, -0.2) is 0 Å². The molecule has 1 rings (SSSR count). The highest BCUT2D eigenvalue weighted by Gasteiger charge is 2.34. The molecule has 1 aliphatic carbocycles. The molecule has 0 unspecified atom stereocenters. The van der Waals surface area contributed by atoms with Crippen molar-refractivity contribution in [2.24, 2.45) is 5.41 Å². The van der Waals surface area contributed by atoms with Gasteiger partial charge in [0.25, 0.3) is 0 Å².